The van der Waals surface area contributed by atoms with Gasteiger partial charge in [0.05, 0.1) is 5.56 Å². The molecule has 0 amide bonds. The predicted molar refractivity (Wildman–Crippen MR) is 134 cm³/mol. The summed E-state index contributed by atoms with van der Waals surface area (Å²) in [6, 6.07) is 17.5. The molecule has 0 aliphatic carbocycles. The van der Waals surface area contributed by atoms with Crippen molar-refractivity contribution in [3.8, 4) is 34.0 Å². The van der Waals surface area contributed by atoms with Crippen LogP contribution in [-0.4, -0.2) is 38.7 Å². The fourth-order valence-electron chi connectivity index (χ4n) is 4.15. The van der Waals surface area contributed by atoms with E-state index in [2.05, 4.69) is 10.1 Å². The lowest BCUT2D eigenvalue weighted by Crippen LogP contribution is -2.38. The van der Waals surface area contributed by atoms with Gasteiger partial charge in [-0.25, -0.2) is 0 Å². The number of aliphatic carboxylic acids is 1. The number of aryl methyl sites for hydroxylation is 1. The Morgan fingerprint density at radius 3 is 2.32 bits per heavy atom. The summed E-state index contributed by atoms with van der Waals surface area (Å²) >= 11 is 0. The zero-order chi connectivity index (χ0) is 26.7. The van der Waals surface area contributed by atoms with Gasteiger partial charge >= 0.3 is 12.1 Å². The molecule has 4 rings (SSSR count). The third-order valence-corrected chi connectivity index (χ3v) is 6.34. The van der Waals surface area contributed by atoms with Crippen molar-refractivity contribution in [3.63, 3.8) is 0 Å². The minimum absolute atomic E-state index is 0.0200. The number of nitrogens with zero attached hydrogens (tertiary/aromatic N) is 3. The van der Waals surface area contributed by atoms with E-state index in [4.69, 9.17) is 4.52 Å². The molecule has 192 valence electrons. The van der Waals surface area contributed by atoms with Crippen molar-refractivity contribution in [1.82, 2.24) is 15.0 Å². The van der Waals surface area contributed by atoms with Crippen molar-refractivity contribution in [2.24, 2.45) is 0 Å². The fraction of sp³-hybridized carbons (Fsp3) is 0.250. The number of aromatic nitrogens is 2. The van der Waals surface area contributed by atoms with Crippen LogP contribution in [-0.2, 0) is 17.5 Å². The molecule has 1 N–H and O–H groups in total. The molecule has 0 radical (unpaired) electrons. The molecule has 0 spiro atoms. The second-order valence-corrected chi connectivity index (χ2v) is 8.77. The zero-order valence-electron chi connectivity index (χ0n) is 20.6. The van der Waals surface area contributed by atoms with E-state index in [0.717, 1.165) is 17.2 Å². The predicted octanol–water partition coefficient (Wildman–Crippen LogP) is 6.69. The summed E-state index contributed by atoms with van der Waals surface area (Å²) in [5.41, 5.74) is 2.25. The van der Waals surface area contributed by atoms with E-state index in [0.29, 0.717) is 24.2 Å². The number of carboxylic acid groups (broad SMARTS) is 1. The van der Waals surface area contributed by atoms with E-state index in [1.54, 1.807) is 56.3 Å². The number of halogens is 3. The highest BCUT2D eigenvalue weighted by molar-refractivity contribution is 5.75. The Balaban J connectivity index is 1.60. The first-order chi connectivity index (χ1) is 17.6. The molecule has 0 saturated carbocycles. The Labute approximate surface area is 212 Å². The van der Waals surface area contributed by atoms with Crippen LogP contribution >= 0.6 is 0 Å². The van der Waals surface area contributed by atoms with Crippen molar-refractivity contribution >= 4 is 5.97 Å². The highest BCUT2D eigenvalue weighted by Crippen LogP contribution is 2.40. The van der Waals surface area contributed by atoms with Crippen molar-refractivity contribution in [1.29, 1.82) is 0 Å². The molecule has 1 heterocycles. The first-order valence-electron chi connectivity index (χ1n) is 11.8. The number of hydrogen-bond acceptors (Lipinski definition) is 5. The molecule has 0 aliphatic rings. The summed E-state index contributed by atoms with van der Waals surface area (Å²) in [7, 11) is 0. The Hall–Kier alpha value is -3.98. The van der Waals surface area contributed by atoms with E-state index in [-0.39, 0.29) is 22.8 Å². The van der Waals surface area contributed by atoms with Crippen molar-refractivity contribution < 1.29 is 27.6 Å². The molecule has 1 atom stereocenters. The first kappa shape index (κ1) is 26.1. The quantitative estimate of drug-likeness (QED) is 0.285. The van der Waals surface area contributed by atoms with Gasteiger partial charge < -0.3 is 9.63 Å². The van der Waals surface area contributed by atoms with Crippen LogP contribution in [0.15, 0.2) is 71.3 Å². The molecule has 0 bridgehead atoms. The van der Waals surface area contributed by atoms with Crippen molar-refractivity contribution in [3.05, 3.63) is 83.4 Å². The number of hydrogen-bond donors (Lipinski definition) is 1. The lowest BCUT2D eigenvalue weighted by atomic mass is 9.94. The number of rotatable bonds is 8. The Bertz CT molecular complexity index is 1400. The van der Waals surface area contributed by atoms with Gasteiger partial charge in [-0.15, -0.1) is 0 Å². The fourth-order valence-corrected chi connectivity index (χ4v) is 4.15. The number of likely N-dealkylation sites (N-methyl/N-ethyl adjacent to an activating group) is 1. The van der Waals surface area contributed by atoms with Gasteiger partial charge in [-0.2, -0.15) is 18.2 Å². The second kappa shape index (κ2) is 10.6. The summed E-state index contributed by atoms with van der Waals surface area (Å²) in [5, 5.41) is 13.2. The van der Waals surface area contributed by atoms with E-state index < -0.39 is 23.8 Å². The van der Waals surface area contributed by atoms with E-state index in [1.807, 2.05) is 24.0 Å². The standard InChI is InChI=1S/C28H26F3N3O3/c1-4-34(18(3)27(35)36)16-19-9-11-20(12-10-19)25-32-26(37-33-25)21-13-14-23(24(15-21)28(29,30)31)22-8-6-5-7-17(22)2/h5-15,18H,4,16H2,1-3H3,(H,35,36)/t18-/m1/s1. The maximum Gasteiger partial charge on any atom is 0.417 e. The third kappa shape index (κ3) is 5.72. The molecule has 9 heteroatoms. The number of benzene rings is 3. The van der Waals surface area contributed by atoms with Gasteiger partial charge in [-0.05, 0) is 54.8 Å². The second-order valence-electron chi connectivity index (χ2n) is 8.77. The summed E-state index contributed by atoms with van der Waals surface area (Å²) in [6.07, 6.45) is -4.57. The SMILES string of the molecule is CCN(Cc1ccc(-c2noc(-c3ccc(-c4ccccc4C)c(C(F)(F)F)c3)n2)cc1)[C@H](C)C(=O)O. The molecule has 1 aromatic heterocycles. The van der Waals surface area contributed by atoms with Gasteiger partial charge in [0.15, 0.2) is 0 Å². The maximum absolute atomic E-state index is 14.0. The number of carboxylic acids is 1. The first-order valence-corrected chi connectivity index (χ1v) is 11.8. The maximum atomic E-state index is 14.0. The molecule has 4 aromatic rings. The Kier molecular flexibility index (Phi) is 7.45. The molecule has 0 unspecified atom stereocenters. The van der Waals surface area contributed by atoms with Crippen LogP contribution in [0.25, 0.3) is 34.0 Å². The largest absolute Gasteiger partial charge is 0.480 e. The zero-order valence-corrected chi connectivity index (χ0v) is 20.6. The van der Waals surface area contributed by atoms with E-state index in [1.165, 1.54) is 6.07 Å². The van der Waals surface area contributed by atoms with Crippen LogP contribution in [0.5, 0.6) is 0 Å². The van der Waals surface area contributed by atoms with E-state index in [9.17, 15) is 23.1 Å². The topological polar surface area (TPSA) is 79.5 Å². The molecular weight excluding hydrogens is 483 g/mol. The third-order valence-electron chi connectivity index (χ3n) is 6.34. The lowest BCUT2D eigenvalue weighted by molar-refractivity contribution is -0.142. The summed E-state index contributed by atoms with van der Waals surface area (Å²) < 4.78 is 47.2. The van der Waals surface area contributed by atoms with Gasteiger partial charge in [0, 0.05) is 17.7 Å². The normalized spacial score (nSPS) is 12.6. The van der Waals surface area contributed by atoms with Crippen LogP contribution in [0.2, 0.25) is 0 Å². The molecule has 6 nitrogen and oxygen atoms in total. The van der Waals surface area contributed by atoms with Gasteiger partial charge in [0.2, 0.25) is 5.82 Å². The van der Waals surface area contributed by atoms with Crippen LogP contribution in [0.1, 0.15) is 30.5 Å². The Morgan fingerprint density at radius 2 is 1.70 bits per heavy atom. The van der Waals surface area contributed by atoms with Crippen LogP contribution < -0.4 is 0 Å². The minimum Gasteiger partial charge on any atom is -0.480 e. The highest BCUT2D eigenvalue weighted by Gasteiger charge is 2.34. The van der Waals surface area contributed by atoms with Crippen LogP contribution in [0.4, 0.5) is 13.2 Å². The average molecular weight is 510 g/mol. The van der Waals surface area contributed by atoms with Gasteiger partial charge in [0.25, 0.3) is 5.89 Å². The summed E-state index contributed by atoms with van der Waals surface area (Å²) in [6.45, 7) is 6.33. The van der Waals surface area contributed by atoms with Gasteiger partial charge in [-0.1, -0.05) is 66.7 Å². The molecule has 3 aromatic carbocycles. The number of carbonyl (C=O) groups is 1. The molecular formula is C28H26F3N3O3. The lowest BCUT2D eigenvalue weighted by Gasteiger charge is -2.24. The van der Waals surface area contributed by atoms with Crippen LogP contribution in [0, 0.1) is 6.92 Å². The highest BCUT2D eigenvalue weighted by atomic mass is 19.4. The minimum atomic E-state index is -4.57. The molecule has 0 fully saturated rings. The molecule has 0 saturated heterocycles. The summed E-state index contributed by atoms with van der Waals surface area (Å²) in [5.74, 6) is -0.670. The number of alkyl halides is 3. The molecule has 0 aliphatic heterocycles. The average Bonchev–Trinajstić information content (AvgIpc) is 3.37. The smallest absolute Gasteiger partial charge is 0.417 e. The Morgan fingerprint density at radius 1 is 1.03 bits per heavy atom. The monoisotopic (exact) mass is 509 g/mol. The van der Waals surface area contributed by atoms with E-state index >= 15 is 0 Å². The van der Waals surface area contributed by atoms with Gasteiger partial charge in [-0.3, -0.25) is 9.69 Å². The molecule has 37 heavy (non-hydrogen) atoms. The van der Waals surface area contributed by atoms with Crippen molar-refractivity contribution in [2.45, 2.75) is 39.5 Å². The van der Waals surface area contributed by atoms with Crippen LogP contribution in [0.3, 0.4) is 0 Å². The van der Waals surface area contributed by atoms with Crippen molar-refractivity contribution in [2.75, 3.05) is 6.54 Å². The summed E-state index contributed by atoms with van der Waals surface area (Å²) in [4.78, 5) is 17.4. The van der Waals surface area contributed by atoms with Gasteiger partial charge in [0.1, 0.15) is 6.04 Å².